The van der Waals surface area contributed by atoms with Gasteiger partial charge in [-0.1, -0.05) is 36.4 Å². The average Bonchev–Trinajstić information content (AvgIpc) is 2.22. The zero-order valence-corrected chi connectivity index (χ0v) is 13.2. The molecule has 0 heterocycles. The van der Waals surface area contributed by atoms with Crippen molar-refractivity contribution in [1.29, 1.82) is 0 Å². The van der Waals surface area contributed by atoms with Crippen molar-refractivity contribution in [3.63, 3.8) is 0 Å². The summed E-state index contributed by atoms with van der Waals surface area (Å²) in [5.41, 5.74) is 0.616. The van der Waals surface area contributed by atoms with Gasteiger partial charge in [-0.3, -0.25) is 4.90 Å². The summed E-state index contributed by atoms with van der Waals surface area (Å²) in [6.07, 6.45) is 5.45. The second-order valence-corrected chi connectivity index (χ2v) is 6.53. The van der Waals surface area contributed by atoms with Crippen LogP contribution in [0.15, 0.2) is 0 Å². The van der Waals surface area contributed by atoms with Crippen molar-refractivity contribution in [2.24, 2.45) is 5.41 Å². The Hall–Kier alpha value is 0.650. The normalized spacial score (nSPS) is 29.4. The van der Waals surface area contributed by atoms with E-state index >= 15 is 0 Å². The minimum absolute atomic E-state index is 0.616. The summed E-state index contributed by atoms with van der Waals surface area (Å²) >= 11 is 2.50. The molecule has 1 N–H and O–H groups in total. The van der Waals surface area contributed by atoms with E-state index in [0.717, 1.165) is 6.04 Å². The molecule has 0 radical (unpaired) electrons. The van der Waals surface area contributed by atoms with Crippen LogP contribution in [0.5, 0.6) is 0 Å². The summed E-state index contributed by atoms with van der Waals surface area (Å²) in [6, 6.07) is 0.872. The van der Waals surface area contributed by atoms with Crippen molar-refractivity contribution in [1.82, 2.24) is 10.2 Å². The van der Waals surface area contributed by atoms with Gasteiger partial charge in [-0.25, -0.2) is 0 Å². The van der Waals surface area contributed by atoms with Crippen molar-refractivity contribution in [3.05, 3.63) is 0 Å². The zero-order chi connectivity index (χ0) is 12.0. The van der Waals surface area contributed by atoms with Gasteiger partial charge in [0.05, 0.1) is 0 Å². The Bertz CT molecular complexity index is 184. The number of hydrogen-bond acceptors (Lipinski definition) is 2. The van der Waals surface area contributed by atoms with E-state index in [1.807, 2.05) is 0 Å². The van der Waals surface area contributed by atoms with E-state index in [1.54, 1.807) is 0 Å². The lowest BCUT2D eigenvalue weighted by Crippen LogP contribution is -2.51. The fourth-order valence-electron chi connectivity index (χ4n) is 2.84. The Labute approximate surface area is 115 Å². The summed E-state index contributed by atoms with van der Waals surface area (Å²) in [5.74, 6) is 0. The van der Waals surface area contributed by atoms with Gasteiger partial charge < -0.3 is 5.32 Å². The molecule has 0 spiro atoms. The molecule has 96 valence electrons. The van der Waals surface area contributed by atoms with Crippen LogP contribution in [0.2, 0.25) is 0 Å². The van der Waals surface area contributed by atoms with Gasteiger partial charge in [0.2, 0.25) is 0 Å². The highest BCUT2D eigenvalue weighted by Gasteiger charge is 2.41. The molecular weight excluding hydrogens is 311 g/mol. The van der Waals surface area contributed by atoms with Gasteiger partial charge in [-0.2, -0.15) is 0 Å². The fourth-order valence-corrected chi connectivity index (χ4v) is 3.46. The SMILES string of the molecule is CCCN(CCI)C1CC(C)(CCNC)C1. The standard InChI is InChI=1S/C13H27IN2/c1-4-8-16(9-6-14)12-10-13(2,11-12)5-7-15-3/h12,15H,4-11H2,1-3H3. The largest absolute Gasteiger partial charge is 0.320 e. The zero-order valence-electron chi connectivity index (χ0n) is 11.1. The van der Waals surface area contributed by atoms with E-state index in [1.165, 1.54) is 49.7 Å². The van der Waals surface area contributed by atoms with Crippen molar-refractivity contribution in [2.75, 3.05) is 31.1 Å². The lowest BCUT2D eigenvalue weighted by molar-refractivity contribution is 0.0114. The lowest BCUT2D eigenvalue weighted by Gasteiger charge is -2.50. The van der Waals surface area contributed by atoms with E-state index < -0.39 is 0 Å². The van der Waals surface area contributed by atoms with Crippen LogP contribution in [0.1, 0.15) is 39.5 Å². The first-order valence-corrected chi connectivity index (χ1v) is 8.12. The first-order chi connectivity index (χ1) is 7.65. The van der Waals surface area contributed by atoms with Crippen molar-refractivity contribution in [2.45, 2.75) is 45.6 Å². The molecule has 0 amide bonds. The molecule has 1 aliphatic carbocycles. The molecule has 0 aromatic rings. The van der Waals surface area contributed by atoms with Crippen LogP contribution in [0.3, 0.4) is 0 Å². The molecule has 0 atom stereocenters. The molecule has 1 saturated carbocycles. The topological polar surface area (TPSA) is 15.3 Å². The molecule has 3 heteroatoms. The van der Waals surface area contributed by atoms with E-state index in [0.29, 0.717) is 5.41 Å². The Morgan fingerprint density at radius 2 is 2.06 bits per heavy atom. The van der Waals surface area contributed by atoms with Crippen LogP contribution >= 0.6 is 22.6 Å². The third-order valence-electron chi connectivity index (χ3n) is 3.83. The molecule has 2 nitrogen and oxygen atoms in total. The minimum Gasteiger partial charge on any atom is -0.320 e. The van der Waals surface area contributed by atoms with E-state index in [4.69, 9.17) is 0 Å². The molecule has 0 bridgehead atoms. The Morgan fingerprint density at radius 1 is 1.38 bits per heavy atom. The molecule has 1 aliphatic rings. The van der Waals surface area contributed by atoms with Gasteiger partial charge in [0.1, 0.15) is 0 Å². The summed E-state index contributed by atoms with van der Waals surface area (Å²) in [6.45, 7) is 8.48. The molecule has 0 aliphatic heterocycles. The second-order valence-electron chi connectivity index (χ2n) is 5.45. The molecule has 0 aromatic carbocycles. The predicted octanol–water partition coefficient (Wildman–Crippen LogP) is 2.91. The predicted molar refractivity (Wildman–Crippen MR) is 80.4 cm³/mol. The Kier molecular flexibility index (Phi) is 6.59. The van der Waals surface area contributed by atoms with Crippen LogP contribution in [-0.4, -0.2) is 42.1 Å². The van der Waals surface area contributed by atoms with Crippen molar-refractivity contribution >= 4 is 22.6 Å². The minimum atomic E-state index is 0.616. The molecule has 0 saturated heterocycles. The summed E-state index contributed by atoms with van der Waals surface area (Å²) in [5, 5.41) is 3.27. The van der Waals surface area contributed by atoms with E-state index in [-0.39, 0.29) is 0 Å². The van der Waals surface area contributed by atoms with Gasteiger partial charge in [-0.05, 0) is 51.2 Å². The monoisotopic (exact) mass is 338 g/mol. The lowest BCUT2D eigenvalue weighted by atomic mass is 9.64. The molecule has 16 heavy (non-hydrogen) atoms. The average molecular weight is 338 g/mol. The van der Waals surface area contributed by atoms with Gasteiger partial charge in [0, 0.05) is 17.0 Å². The maximum absolute atomic E-state index is 3.27. The van der Waals surface area contributed by atoms with Crippen LogP contribution in [-0.2, 0) is 0 Å². The van der Waals surface area contributed by atoms with E-state index in [9.17, 15) is 0 Å². The third kappa shape index (κ3) is 4.15. The van der Waals surface area contributed by atoms with Crippen LogP contribution in [0.25, 0.3) is 0 Å². The Morgan fingerprint density at radius 3 is 2.56 bits per heavy atom. The van der Waals surface area contributed by atoms with E-state index in [2.05, 4.69) is 53.7 Å². The first-order valence-electron chi connectivity index (χ1n) is 6.60. The van der Waals surface area contributed by atoms with Gasteiger partial charge in [0.15, 0.2) is 0 Å². The van der Waals surface area contributed by atoms with Crippen molar-refractivity contribution in [3.8, 4) is 0 Å². The van der Waals surface area contributed by atoms with Gasteiger partial charge >= 0.3 is 0 Å². The van der Waals surface area contributed by atoms with Crippen LogP contribution in [0, 0.1) is 5.41 Å². The summed E-state index contributed by atoms with van der Waals surface area (Å²) in [7, 11) is 2.05. The number of hydrogen-bond donors (Lipinski definition) is 1. The number of alkyl halides is 1. The Balaban J connectivity index is 2.30. The highest BCUT2D eigenvalue weighted by atomic mass is 127. The quantitative estimate of drug-likeness (QED) is 0.541. The third-order valence-corrected chi connectivity index (χ3v) is 4.32. The highest BCUT2D eigenvalue weighted by molar-refractivity contribution is 14.1. The summed E-state index contributed by atoms with van der Waals surface area (Å²) < 4.78 is 1.27. The van der Waals surface area contributed by atoms with Gasteiger partial charge in [0.25, 0.3) is 0 Å². The second kappa shape index (κ2) is 7.17. The highest BCUT2D eigenvalue weighted by Crippen LogP contribution is 2.45. The first kappa shape index (κ1) is 14.7. The number of halogens is 1. The number of nitrogens with zero attached hydrogens (tertiary/aromatic N) is 1. The molecular formula is C13H27IN2. The van der Waals surface area contributed by atoms with Gasteiger partial charge in [-0.15, -0.1) is 0 Å². The molecule has 1 rings (SSSR count). The molecule has 0 aromatic heterocycles. The fraction of sp³-hybridized carbons (Fsp3) is 1.00. The number of nitrogens with one attached hydrogen (secondary N) is 1. The van der Waals surface area contributed by atoms with Crippen molar-refractivity contribution < 1.29 is 0 Å². The smallest absolute Gasteiger partial charge is 0.0123 e. The molecule has 1 fully saturated rings. The van der Waals surface area contributed by atoms with Crippen LogP contribution in [0.4, 0.5) is 0 Å². The molecule has 0 unspecified atom stereocenters. The summed E-state index contributed by atoms with van der Waals surface area (Å²) in [4.78, 5) is 2.70. The maximum atomic E-state index is 3.27. The van der Waals surface area contributed by atoms with Crippen LogP contribution < -0.4 is 5.32 Å². The number of rotatable bonds is 8. The maximum Gasteiger partial charge on any atom is 0.0123 e.